The van der Waals surface area contributed by atoms with Gasteiger partial charge in [0.1, 0.15) is 0 Å². The molecule has 1 atom stereocenters. The van der Waals surface area contributed by atoms with Gasteiger partial charge in [-0.1, -0.05) is 56.0 Å². The molecule has 0 aliphatic heterocycles. The topological polar surface area (TPSA) is 0 Å². The van der Waals surface area contributed by atoms with Crippen LogP contribution in [0.25, 0.3) is 0 Å². The molecule has 0 spiro atoms. The minimum atomic E-state index is 0.234. The van der Waals surface area contributed by atoms with E-state index in [0.717, 1.165) is 6.42 Å². The van der Waals surface area contributed by atoms with E-state index in [1.54, 1.807) is 11.8 Å². The molecule has 21 heavy (non-hydrogen) atoms. The Morgan fingerprint density at radius 3 is 2.33 bits per heavy atom. The van der Waals surface area contributed by atoms with Gasteiger partial charge in [-0.25, -0.2) is 0 Å². The SMILES string of the molecule is CC=CC(C)(C)C1C=CC(Sc2ccc(SC)cc2)=CC1. The number of hydrogen-bond acceptors (Lipinski definition) is 2. The van der Waals surface area contributed by atoms with Crippen molar-refractivity contribution in [1.29, 1.82) is 0 Å². The normalized spacial score (nSPS) is 19.0. The standard InChI is InChI=1S/C19H24S2/c1-5-14-19(2,3)15-6-8-17(9-7-15)21-18-12-10-16(20-4)11-13-18/h5-6,8-15H,7H2,1-4H3. The molecule has 1 unspecified atom stereocenters. The van der Waals surface area contributed by atoms with Crippen molar-refractivity contribution < 1.29 is 0 Å². The van der Waals surface area contributed by atoms with E-state index < -0.39 is 0 Å². The minimum absolute atomic E-state index is 0.234. The summed E-state index contributed by atoms with van der Waals surface area (Å²) >= 11 is 3.64. The predicted octanol–water partition coefficient (Wildman–Crippen LogP) is 6.56. The quantitative estimate of drug-likeness (QED) is 0.445. The molecule has 112 valence electrons. The number of allylic oxidation sites excluding steroid dienone is 5. The highest BCUT2D eigenvalue weighted by atomic mass is 32.2. The fraction of sp³-hybridized carbons (Fsp3) is 0.368. The summed E-state index contributed by atoms with van der Waals surface area (Å²) in [6.07, 6.45) is 14.7. The summed E-state index contributed by atoms with van der Waals surface area (Å²) in [5.41, 5.74) is 0.234. The van der Waals surface area contributed by atoms with E-state index in [9.17, 15) is 0 Å². The van der Waals surface area contributed by atoms with Gasteiger partial charge in [-0.05, 0) is 55.2 Å². The van der Waals surface area contributed by atoms with Crippen molar-refractivity contribution in [2.45, 2.75) is 37.0 Å². The Balaban J connectivity index is 1.99. The van der Waals surface area contributed by atoms with Crippen LogP contribution in [0.4, 0.5) is 0 Å². The van der Waals surface area contributed by atoms with Crippen LogP contribution in [0.15, 0.2) is 69.3 Å². The Morgan fingerprint density at radius 2 is 1.81 bits per heavy atom. The highest BCUT2D eigenvalue weighted by molar-refractivity contribution is 8.03. The molecule has 2 rings (SSSR count). The van der Waals surface area contributed by atoms with Gasteiger partial charge in [-0.15, -0.1) is 11.8 Å². The molecule has 0 radical (unpaired) electrons. The van der Waals surface area contributed by atoms with Crippen molar-refractivity contribution in [2.75, 3.05) is 6.26 Å². The molecule has 0 saturated carbocycles. The number of thioether (sulfide) groups is 2. The third kappa shape index (κ3) is 4.55. The van der Waals surface area contributed by atoms with Gasteiger partial charge in [0.25, 0.3) is 0 Å². The smallest absolute Gasteiger partial charge is 0.0123 e. The van der Waals surface area contributed by atoms with Crippen LogP contribution in [0.5, 0.6) is 0 Å². The van der Waals surface area contributed by atoms with Crippen molar-refractivity contribution in [2.24, 2.45) is 11.3 Å². The van der Waals surface area contributed by atoms with E-state index >= 15 is 0 Å². The molecule has 2 heteroatoms. The first-order valence-electron chi connectivity index (χ1n) is 7.39. The number of rotatable bonds is 5. The van der Waals surface area contributed by atoms with Crippen molar-refractivity contribution in [1.82, 2.24) is 0 Å². The van der Waals surface area contributed by atoms with Crippen LogP contribution in [0.2, 0.25) is 0 Å². The summed E-state index contributed by atoms with van der Waals surface area (Å²) in [5.74, 6) is 0.594. The molecule has 0 fully saturated rings. The zero-order valence-electron chi connectivity index (χ0n) is 13.3. The van der Waals surface area contributed by atoms with E-state index in [2.05, 4.69) is 81.7 Å². The highest BCUT2D eigenvalue weighted by Crippen LogP contribution is 2.38. The Hall–Kier alpha value is -0.860. The molecule has 0 saturated heterocycles. The summed E-state index contributed by atoms with van der Waals surface area (Å²) in [6, 6.07) is 8.80. The highest BCUT2D eigenvalue weighted by Gasteiger charge is 2.25. The second-order valence-corrected chi connectivity index (χ2v) is 7.93. The minimum Gasteiger partial charge on any atom is -0.130 e. The average Bonchev–Trinajstić information content (AvgIpc) is 2.48. The second-order valence-electron chi connectivity index (χ2n) is 5.91. The van der Waals surface area contributed by atoms with Crippen LogP contribution in [-0.2, 0) is 0 Å². The maximum atomic E-state index is 2.38. The first kappa shape index (κ1) is 16.5. The van der Waals surface area contributed by atoms with Crippen molar-refractivity contribution in [3.05, 3.63) is 59.6 Å². The maximum Gasteiger partial charge on any atom is 0.0123 e. The van der Waals surface area contributed by atoms with E-state index in [4.69, 9.17) is 0 Å². The molecule has 0 bridgehead atoms. The van der Waals surface area contributed by atoms with Crippen molar-refractivity contribution in [3.63, 3.8) is 0 Å². The Bertz CT molecular complexity index is 547. The van der Waals surface area contributed by atoms with Gasteiger partial charge in [0, 0.05) is 14.7 Å². The van der Waals surface area contributed by atoms with Gasteiger partial charge < -0.3 is 0 Å². The molecule has 0 heterocycles. The maximum absolute atomic E-state index is 2.38. The average molecular weight is 317 g/mol. The molecule has 0 nitrogen and oxygen atoms in total. The molecular formula is C19H24S2. The second kappa shape index (κ2) is 7.42. The largest absolute Gasteiger partial charge is 0.130 e. The van der Waals surface area contributed by atoms with Crippen LogP contribution in [-0.4, -0.2) is 6.26 Å². The molecular weight excluding hydrogens is 292 g/mol. The first-order valence-corrected chi connectivity index (χ1v) is 9.43. The molecule has 1 aliphatic rings. The third-order valence-electron chi connectivity index (χ3n) is 3.91. The molecule has 0 amide bonds. The van der Waals surface area contributed by atoms with Crippen molar-refractivity contribution in [3.8, 4) is 0 Å². The van der Waals surface area contributed by atoms with Gasteiger partial charge in [-0.2, -0.15) is 0 Å². The van der Waals surface area contributed by atoms with Crippen LogP contribution in [0.1, 0.15) is 27.2 Å². The van der Waals surface area contributed by atoms with Crippen molar-refractivity contribution >= 4 is 23.5 Å². The fourth-order valence-corrected chi connectivity index (χ4v) is 3.84. The Morgan fingerprint density at radius 1 is 1.14 bits per heavy atom. The van der Waals surface area contributed by atoms with Gasteiger partial charge in [0.05, 0.1) is 0 Å². The van der Waals surface area contributed by atoms with Crippen LogP contribution in [0, 0.1) is 11.3 Å². The van der Waals surface area contributed by atoms with E-state index in [0.29, 0.717) is 5.92 Å². The molecule has 0 aromatic heterocycles. The van der Waals surface area contributed by atoms with E-state index in [-0.39, 0.29) is 5.41 Å². The van der Waals surface area contributed by atoms with Gasteiger partial charge in [-0.3, -0.25) is 0 Å². The Labute approximate surface area is 137 Å². The lowest BCUT2D eigenvalue weighted by molar-refractivity contribution is 0.343. The zero-order chi connectivity index (χ0) is 15.3. The van der Waals surface area contributed by atoms with Crippen LogP contribution < -0.4 is 0 Å². The van der Waals surface area contributed by atoms with Gasteiger partial charge in [0.2, 0.25) is 0 Å². The Kier molecular flexibility index (Phi) is 5.83. The zero-order valence-corrected chi connectivity index (χ0v) is 14.9. The predicted molar refractivity (Wildman–Crippen MR) is 98.0 cm³/mol. The lowest BCUT2D eigenvalue weighted by Gasteiger charge is -2.30. The van der Waals surface area contributed by atoms with E-state index in [1.165, 1.54) is 14.7 Å². The van der Waals surface area contributed by atoms with Crippen LogP contribution in [0.3, 0.4) is 0 Å². The summed E-state index contributed by atoms with van der Waals surface area (Å²) in [5, 5.41) is 0. The molecule has 1 aromatic carbocycles. The molecule has 1 aliphatic carbocycles. The number of hydrogen-bond donors (Lipinski definition) is 0. The summed E-state index contributed by atoms with van der Waals surface area (Å²) in [7, 11) is 0. The van der Waals surface area contributed by atoms with Gasteiger partial charge in [0.15, 0.2) is 0 Å². The third-order valence-corrected chi connectivity index (χ3v) is 5.70. The molecule has 1 aromatic rings. The van der Waals surface area contributed by atoms with Gasteiger partial charge >= 0.3 is 0 Å². The van der Waals surface area contributed by atoms with Crippen LogP contribution >= 0.6 is 23.5 Å². The summed E-state index contributed by atoms with van der Waals surface area (Å²) in [6.45, 7) is 6.73. The fourth-order valence-electron chi connectivity index (χ4n) is 2.56. The first-order chi connectivity index (χ1) is 10.0. The summed E-state index contributed by atoms with van der Waals surface area (Å²) in [4.78, 5) is 4.00. The number of benzene rings is 1. The molecule has 0 N–H and O–H groups in total. The monoisotopic (exact) mass is 316 g/mol. The lowest BCUT2D eigenvalue weighted by Crippen LogP contribution is -2.20. The van der Waals surface area contributed by atoms with E-state index in [1.807, 2.05) is 11.8 Å². The lowest BCUT2D eigenvalue weighted by atomic mass is 9.75. The summed E-state index contributed by atoms with van der Waals surface area (Å²) < 4.78 is 0.